The van der Waals surface area contributed by atoms with E-state index in [9.17, 15) is 0 Å². The molecule has 2 aromatic heterocycles. The fourth-order valence-corrected chi connectivity index (χ4v) is 1.95. The molecule has 1 aromatic carbocycles. The summed E-state index contributed by atoms with van der Waals surface area (Å²) in [5.41, 5.74) is 6.52. The summed E-state index contributed by atoms with van der Waals surface area (Å²) in [4.78, 5) is 5.46. The number of aromatic nitrogens is 5. The molecular formula is C10H8N6S. The predicted octanol–water partition coefficient (Wildman–Crippen LogP) is 1.37. The SMILES string of the molecule is Nc1cnc(-n2nnc(-c3ccccc3)n2)s1. The van der Waals surface area contributed by atoms with Gasteiger partial charge in [0.05, 0.1) is 6.20 Å². The first-order valence-electron chi connectivity index (χ1n) is 4.90. The van der Waals surface area contributed by atoms with Gasteiger partial charge in [-0.2, -0.15) is 0 Å². The first kappa shape index (κ1) is 9.91. The van der Waals surface area contributed by atoms with E-state index in [1.54, 1.807) is 6.20 Å². The van der Waals surface area contributed by atoms with Gasteiger partial charge in [-0.1, -0.05) is 41.7 Å². The molecule has 0 spiro atoms. The summed E-state index contributed by atoms with van der Waals surface area (Å²) in [6, 6.07) is 9.65. The minimum atomic E-state index is 0.569. The van der Waals surface area contributed by atoms with Crippen LogP contribution in [0.3, 0.4) is 0 Å². The van der Waals surface area contributed by atoms with Crippen LogP contribution in [0, 0.1) is 0 Å². The van der Waals surface area contributed by atoms with Gasteiger partial charge in [0.1, 0.15) is 5.00 Å². The quantitative estimate of drug-likeness (QED) is 0.736. The molecule has 0 saturated heterocycles. The van der Waals surface area contributed by atoms with Gasteiger partial charge in [0.2, 0.25) is 11.0 Å². The molecule has 0 amide bonds. The predicted molar refractivity (Wildman–Crippen MR) is 64.7 cm³/mol. The highest BCUT2D eigenvalue weighted by molar-refractivity contribution is 7.17. The highest BCUT2D eigenvalue weighted by Crippen LogP contribution is 2.18. The Morgan fingerprint density at radius 1 is 1.18 bits per heavy atom. The largest absolute Gasteiger partial charge is 0.389 e. The van der Waals surface area contributed by atoms with Gasteiger partial charge in [0.25, 0.3) is 0 Å². The number of nitrogen functional groups attached to an aromatic ring is 1. The number of hydrogen-bond donors (Lipinski definition) is 1. The van der Waals surface area contributed by atoms with Crippen molar-refractivity contribution < 1.29 is 0 Å². The monoisotopic (exact) mass is 244 g/mol. The summed E-state index contributed by atoms with van der Waals surface area (Å²) in [7, 11) is 0. The fourth-order valence-electron chi connectivity index (χ4n) is 1.37. The molecule has 0 saturated carbocycles. The van der Waals surface area contributed by atoms with E-state index in [2.05, 4.69) is 20.4 Å². The van der Waals surface area contributed by atoms with Gasteiger partial charge in [-0.15, -0.1) is 15.0 Å². The third-order valence-electron chi connectivity index (χ3n) is 2.13. The molecular weight excluding hydrogens is 236 g/mol. The average Bonchev–Trinajstić information content (AvgIpc) is 2.98. The van der Waals surface area contributed by atoms with Crippen LogP contribution in [-0.2, 0) is 0 Å². The van der Waals surface area contributed by atoms with Crippen molar-refractivity contribution in [3.8, 4) is 16.5 Å². The van der Waals surface area contributed by atoms with E-state index in [4.69, 9.17) is 5.73 Å². The van der Waals surface area contributed by atoms with Crippen LogP contribution in [0.2, 0.25) is 0 Å². The first-order valence-corrected chi connectivity index (χ1v) is 5.72. The average molecular weight is 244 g/mol. The topological polar surface area (TPSA) is 82.5 Å². The number of thiazole rings is 1. The molecule has 2 heterocycles. The molecule has 0 radical (unpaired) electrons. The van der Waals surface area contributed by atoms with Crippen LogP contribution < -0.4 is 5.73 Å². The van der Waals surface area contributed by atoms with Gasteiger partial charge in [-0.05, 0) is 5.21 Å². The molecule has 0 atom stereocenters. The van der Waals surface area contributed by atoms with Crippen LogP contribution in [0.5, 0.6) is 0 Å². The maximum atomic E-state index is 5.60. The number of nitrogens with two attached hydrogens (primary N) is 1. The van der Waals surface area contributed by atoms with Gasteiger partial charge < -0.3 is 5.73 Å². The maximum Gasteiger partial charge on any atom is 0.233 e. The molecule has 17 heavy (non-hydrogen) atoms. The zero-order chi connectivity index (χ0) is 11.7. The third-order valence-corrected chi connectivity index (χ3v) is 2.92. The summed E-state index contributed by atoms with van der Waals surface area (Å²) in [6.45, 7) is 0. The second-order valence-electron chi connectivity index (χ2n) is 3.31. The standard InChI is InChI=1S/C10H8N6S/c11-8-6-12-10(17-8)16-14-9(13-15-16)7-4-2-1-3-5-7/h1-6H,11H2. The van der Waals surface area contributed by atoms with Gasteiger partial charge in [0, 0.05) is 5.56 Å². The highest BCUT2D eigenvalue weighted by Gasteiger charge is 2.09. The lowest BCUT2D eigenvalue weighted by atomic mass is 10.2. The molecule has 84 valence electrons. The molecule has 3 rings (SSSR count). The van der Waals surface area contributed by atoms with E-state index >= 15 is 0 Å². The molecule has 0 unspecified atom stereocenters. The molecule has 3 aromatic rings. The smallest absolute Gasteiger partial charge is 0.233 e. The second kappa shape index (κ2) is 3.95. The number of nitrogens with zero attached hydrogens (tertiary/aromatic N) is 5. The second-order valence-corrected chi connectivity index (χ2v) is 4.35. The van der Waals surface area contributed by atoms with Crippen molar-refractivity contribution in [2.24, 2.45) is 0 Å². The van der Waals surface area contributed by atoms with E-state index in [0.717, 1.165) is 5.56 Å². The lowest BCUT2D eigenvalue weighted by Crippen LogP contribution is -1.97. The van der Waals surface area contributed by atoms with Gasteiger partial charge in [-0.25, -0.2) is 4.98 Å². The van der Waals surface area contributed by atoms with Crippen LogP contribution in [0.4, 0.5) is 5.00 Å². The van der Waals surface area contributed by atoms with Crippen molar-refractivity contribution in [2.45, 2.75) is 0 Å². The molecule has 7 heteroatoms. The van der Waals surface area contributed by atoms with Crippen LogP contribution in [-0.4, -0.2) is 25.2 Å². The summed E-state index contributed by atoms with van der Waals surface area (Å²) >= 11 is 1.31. The summed E-state index contributed by atoms with van der Waals surface area (Å²) < 4.78 is 0. The third kappa shape index (κ3) is 1.87. The van der Waals surface area contributed by atoms with Crippen LogP contribution in [0.25, 0.3) is 16.5 Å². The molecule has 6 nitrogen and oxygen atoms in total. The fraction of sp³-hybridized carbons (Fsp3) is 0. The molecule has 0 bridgehead atoms. The lowest BCUT2D eigenvalue weighted by Gasteiger charge is -1.91. The maximum absolute atomic E-state index is 5.60. The van der Waals surface area contributed by atoms with Crippen molar-refractivity contribution >= 4 is 16.3 Å². The van der Waals surface area contributed by atoms with Crippen molar-refractivity contribution in [2.75, 3.05) is 5.73 Å². The van der Waals surface area contributed by atoms with Crippen molar-refractivity contribution in [1.82, 2.24) is 25.2 Å². The van der Waals surface area contributed by atoms with Gasteiger partial charge in [0.15, 0.2) is 0 Å². The number of hydrogen-bond acceptors (Lipinski definition) is 6. The Morgan fingerprint density at radius 3 is 2.71 bits per heavy atom. The Kier molecular flexibility index (Phi) is 2.30. The van der Waals surface area contributed by atoms with E-state index in [1.165, 1.54) is 16.1 Å². The van der Waals surface area contributed by atoms with Gasteiger partial charge in [-0.3, -0.25) is 0 Å². The molecule has 0 aliphatic heterocycles. The Hall–Kier alpha value is -2.28. The Labute approximate surface area is 101 Å². The zero-order valence-corrected chi connectivity index (χ0v) is 9.50. The number of benzene rings is 1. The highest BCUT2D eigenvalue weighted by atomic mass is 32.1. The van der Waals surface area contributed by atoms with E-state index in [1.807, 2.05) is 30.3 Å². The van der Waals surface area contributed by atoms with E-state index in [-0.39, 0.29) is 0 Å². The molecule has 0 aliphatic carbocycles. The van der Waals surface area contributed by atoms with E-state index < -0.39 is 0 Å². The van der Waals surface area contributed by atoms with Crippen LogP contribution in [0.1, 0.15) is 0 Å². The Morgan fingerprint density at radius 2 is 2.00 bits per heavy atom. The summed E-state index contributed by atoms with van der Waals surface area (Å²) in [5.74, 6) is 0.569. The molecule has 2 N–H and O–H groups in total. The van der Waals surface area contributed by atoms with Crippen LogP contribution >= 0.6 is 11.3 Å². The Bertz CT molecular complexity index is 629. The minimum Gasteiger partial charge on any atom is -0.389 e. The first-order chi connectivity index (χ1) is 8.33. The minimum absolute atomic E-state index is 0.569. The van der Waals surface area contributed by atoms with Crippen LogP contribution in [0.15, 0.2) is 36.5 Å². The summed E-state index contributed by atoms with van der Waals surface area (Å²) in [5, 5.41) is 13.4. The normalized spacial score (nSPS) is 10.6. The number of anilines is 1. The van der Waals surface area contributed by atoms with E-state index in [0.29, 0.717) is 16.0 Å². The Balaban J connectivity index is 1.99. The van der Waals surface area contributed by atoms with Crippen molar-refractivity contribution in [3.63, 3.8) is 0 Å². The lowest BCUT2D eigenvalue weighted by molar-refractivity contribution is 0.715. The molecule has 0 aliphatic rings. The zero-order valence-electron chi connectivity index (χ0n) is 8.69. The number of rotatable bonds is 2. The van der Waals surface area contributed by atoms with Crippen molar-refractivity contribution in [1.29, 1.82) is 0 Å². The summed E-state index contributed by atoms with van der Waals surface area (Å²) in [6.07, 6.45) is 1.57. The molecule has 0 fully saturated rings. The number of tetrazole rings is 1. The van der Waals surface area contributed by atoms with Crippen molar-refractivity contribution in [3.05, 3.63) is 36.5 Å². The van der Waals surface area contributed by atoms with Gasteiger partial charge >= 0.3 is 0 Å².